The first-order valence-corrected chi connectivity index (χ1v) is 12.1. The smallest absolute Gasteiger partial charge is 0.247 e. The predicted molar refractivity (Wildman–Crippen MR) is 121 cm³/mol. The van der Waals surface area contributed by atoms with Gasteiger partial charge in [0.1, 0.15) is 11.8 Å². The van der Waals surface area contributed by atoms with Gasteiger partial charge in [0.15, 0.2) is 0 Å². The number of amides is 1. The Morgan fingerprint density at radius 2 is 1.73 bits per heavy atom. The molecule has 0 saturated heterocycles. The molecule has 1 saturated carbocycles. The second kappa shape index (κ2) is 9.08. The van der Waals surface area contributed by atoms with Crippen LogP contribution in [0.2, 0.25) is 0 Å². The Hall–Kier alpha value is -2.54. The van der Waals surface area contributed by atoms with Gasteiger partial charge in [-0.2, -0.15) is 0 Å². The van der Waals surface area contributed by atoms with Gasteiger partial charge in [-0.3, -0.25) is 9.10 Å². The summed E-state index contributed by atoms with van der Waals surface area (Å²) >= 11 is 0. The Bertz CT molecular complexity index is 996. The number of anilines is 2. The number of carbonyl (C=O) groups excluding carboxylic acids is 1. The lowest BCUT2D eigenvalue weighted by Gasteiger charge is -2.29. The largest absolute Gasteiger partial charge is 0.490 e. The molecular formula is C23H30N2O4S. The molecule has 1 atom stereocenters. The Morgan fingerprint density at radius 1 is 1.10 bits per heavy atom. The van der Waals surface area contributed by atoms with Crippen LogP contribution < -0.4 is 14.4 Å². The molecule has 1 aliphatic rings. The zero-order valence-electron chi connectivity index (χ0n) is 18.0. The van der Waals surface area contributed by atoms with Crippen molar-refractivity contribution in [2.45, 2.75) is 58.6 Å². The number of ether oxygens (including phenoxy) is 1. The topological polar surface area (TPSA) is 75.7 Å². The van der Waals surface area contributed by atoms with Crippen LogP contribution in [-0.4, -0.2) is 32.7 Å². The van der Waals surface area contributed by atoms with E-state index in [2.05, 4.69) is 5.32 Å². The lowest BCUT2D eigenvalue weighted by molar-refractivity contribution is -0.116. The van der Waals surface area contributed by atoms with Gasteiger partial charge in [0.25, 0.3) is 0 Å². The molecule has 6 nitrogen and oxygen atoms in total. The number of nitrogens with zero attached hydrogens (tertiary/aromatic N) is 1. The average Bonchev–Trinajstić information content (AvgIpc) is 3.18. The van der Waals surface area contributed by atoms with E-state index in [0.29, 0.717) is 11.4 Å². The molecule has 2 aromatic rings. The van der Waals surface area contributed by atoms with Crippen LogP contribution in [-0.2, 0) is 14.8 Å². The van der Waals surface area contributed by atoms with E-state index in [1.54, 1.807) is 25.1 Å². The Morgan fingerprint density at radius 3 is 2.33 bits per heavy atom. The van der Waals surface area contributed by atoms with E-state index in [4.69, 9.17) is 4.74 Å². The third-order valence-corrected chi connectivity index (χ3v) is 6.64. The Kier molecular flexibility index (Phi) is 6.71. The average molecular weight is 431 g/mol. The minimum atomic E-state index is -3.66. The fraction of sp³-hybridized carbons (Fsp3) is 0.435. The lowest BCUT2D eigenvalue weighted by atomic mass is 10.1. The van der Waals surface area contributed by atoms with Gasteiger partial charge in [-0.05, 0) is 87.9 Å². The quantitative estimate of drug-likeness (QED) is 0.706. The molecule has 162 valence electrons. The molecule has 0 aromatic heterocycles. The molecule has 1 amide bonds. The van der Waals surface area contributed by atoms with Crippen LogP contribution >= 0.6 is 0 Å². The maximum atomic E-state index is 12.9. The predicted octanol–water partition coefficient (Wildman–Crippen LogP) is 4.42. The van der Waals surface area contributed by atoms with Crippen molar-refractivity contribution in [3.63, 3.8) is 0 Å². The minimum absolute atomic E-state index is 0.270. The second-order valence-electron chi connectivity index (χ2n) is 8.06. The lowest BCUT2D eigenvalue weighted by Crippen LogP contribution is -2.45. The van der Waals surface area contributed by atoms with Gasteiger partial charge in [-0.1, -0.05) is 12.1 Å². The van der Waals surface area contributed by atoms with Gasteiger partial charge in [-0.25, -0.2) is 8.42 Å². The molecule has 2 aromatic carbocycles. The van der Waals surface area contributed by atoms with Crippen molar-refractivity contribution in [1.29, 1.82) is 0 Å². The molecular weight excluding hydrogens is 400 g/mol. The highest BCUT2D eigenvalue weighted by atomic mass is 32.2. The van der Waals surface area contributed by atoms with Crippen molar-refractivity contribution in [3.05, 3.63) is 53.6 Å². The fourth-order valence-corrected chi connectivity index (χ4v) is 5.02. The molecule has 0 spiro atoms. The maximum Gasteiger partial charge on any atom is 0.247 e. The summed E-state index contributed by atoms with van der Waals surface area (Å²) in [5.74, 6) is 0.381. The van der Waals surface area contributed by atoms with E-state index in [1.807, 2.05) is 38.1 Å². The summed E-state index contributed by atoms with van der Waals surface area (Å²) < 4.78 is 32.2. The SMILES string of the molecule is Cc1ccc(C)c(N([C@H](C)C(=O)Nc2ccc(OC3CCCC3)cc2)S(C)(=O)=O)c1. The molecule has 0 unspecified atom stereocenters. The molecule has 3 rings (SSSR count). The summed E-state index contributed by atoms with van der Waals surface area (Å²) in [6.45, 7) is 5.32. The maximum absolute atomic E-state index is 12.9. The van der Waals surface area contributed by atoms with E-state index >= 15 is 0 Å². The third-order valence-electron chi connectivity index (χ3n) is 5.42. The zero-order valence-corrected chi connectivity index (χ0v) is 18.8. The van der Waals surface area contributed by atoms with Crippen LogP contribution in [0.3, 0.4) is 0 Å². The number of nitrogens with one attached hydrogen (secondary N) is 1. The van der Waals surface area contributed by atoms with Gasteiger partial charge in [0.2, 0.25) is 15.9 Å². The second-order valence-corrected chi connectivity index (χ2v) is 9.92. The normalized spacial score (nSPS) is 15.6. The number of carbonyl (C=O) groups is 1. The van der Waals surface area contributed by atoms with Crippen molar-refractivity contribution >= 4 is 27.3 Å². The number of aryl methyl sites for hydroxylation is 2. The number of sulfonamides is 1. The molecule has 0 aliphatic heterocycles. The summed E-state index contributed by atoms with van der Waals surface area (Å²) in [4.78, 5) is 12.9. The van der Waals surface area contributed by atoms with Gasteiger partial charge in [-0.15, -0.1) is 0 Å². The number of hydrogen-bond acceptors (Lipinski definition) is 4. The van der Waals surface area contributed by atoms with E-state index in [-0.39, 0.29) is 6.10 Å². The molecule has 1 fully saturated rings. The first-order valence-electron chi connectivity index (χ1n) is 10.3. The molecule has 1 aliphatic carbocycles. The van der Waals surface area contributed by atoms with E-state index in [0.717, 1.165) is 36.0 Å². The Balaban J connectivity index is 1.74. The van der Waals surface area contributed by atoms with E-state index < -0.39 is 22.0 Å². The minimum Gasteiger partial charge on any atom is -0.490 e. The highest BCUT2D eigenvalue weighted by molar-refractivity contribution is 7.92. The van der Waals surface area contributed by atoms with Gasteiger partial charge < -0.3 is 10.1 Å². The van der Waals surface area contributed by atoms with Crippen LogP contribution in [0.25, 0.3) is 0 Å². The van der Waals surface area contributed by atoms with Crippen LogP contribution in [0.4, 0.5) is 11.4 Å². The highest BCUT2D eigenvalue weighted by Gasteiger charge is 2.30. The fourth-order valence-electron chi connectivity index (χ4n) is 3.80. The van der Waals surface area contributed by atoms with Crippen molar-refractivity contribution in [2.24, 2.45) is 0 Å². The Labute approximate surface area is 179 Å². The molecule has 1 N–H and O–H groups in total. The van der Waals surface area contributed by atoms with Gasteiger partial charge in [0.05, 0.1) is 18.0 Å². The molecule has 0 radical (unpaired) electrons. The molecule has 0 heterocycles. The van der Waals surface area contributed by atoms with Crippen molar-refractivity contribution in [3.8, 4) is 5.75 Å². The van der Waals surface area contributed by atoms with Crippen LogP contribution in [0.15, 0.2) is 42.5 Å². The summed E-state index contributed by atoms with van der Waals surface area (Å²) in [5.41, 5.74) is 2.83. The molecule has 7 heteroatoms. The summed E-state index contributed by atoms with van der Waals surface area (Å²) in [6.07, 6.45) is 5.95. The van der Waals surface area contributed by atoms with E-state index in [1.165, 1.54) is 17.1 Å². The van der Waals surface area contributed by atoms with Crippen molar-refractivity contribution in [2.75, 3.05) is 15.9 Å². The number of hydrogen-bond donors (Lipinski definition) is 1. The highest BCUT2D eigenvalue weighted by Crippen LogP contribution is 2.28. The number of benzene rings is 2. The summed E-state index contributed by atoms with van der Waals surface area (Å²) in [7, 11) is -3.66. The summed E-state index contributed by atoms with van der Waals surface area (Å²) in [5, 5.41) is 2.82. The van der Waals surface area contributed by atoms with Crippen LogP contribution in [0.1, 0.15) is 43.7 Å². The molecule has 0 bridgehead atoms. The standard InChI is InChI=1S/C23H30N2O4S/c1-16-9-10-17(2)22(15-16)25(30(4,27)28)18(3)23(26)24-19-11-13-21(14-12-19)29-20-7-5-6-8-20/h9-15,18,20H,5-8H2,1-4H3,(H,24,26)/t18-/m1/s1. The van der Waals surface area contributed by atoms with E-state index in [9.17, 15) is 13.2 Å². The van der Waals surface area contributed by atoms with Crippen molar-refractivity contribution in [1.82, 2.24) is 0 Å². The first kappa shape index (κ1) is 22.2. The number of rotatable bonds is 7. The third kappa shape index (κ3) is 5.33. The monoisotopic (exact) mass is 430 g/mol. The molecule has 30 heavy (non-hydrogen) atoms. The zero-order chi connectivity index (χ0) is 21.9. The van der Waals surface area contributed by atoms with Gasteiger partial charge in [0, 0.05) is 5.69 Å². The van der Waals surface area contributed by atoms with Crippen molar-refractivity contribution < 1.29 is 17.9 Å². The summed E-state index contributed by atoms with van der Waals surface area (Å²) in [6, 6.07) is 11.9. The van der Waals surface area contributed by atoms with Gasteiger partial charge >= 0.3 is 0 Å². The van der Waals surface area contributed by atoms with Crippen LogP contribution in [0, 0.1) is 13.8 Å². The van der Waals surface area contributed by atoms with Crippen LogP contribution in [0.5, 0.6) is 5.75 Å². The first-order chi connectivity index (χ1) is 14.1.